The highest BCUT2D eigenvalue weighted by Crippen LogP contribution is 2.38. The summed E-state index contributed by atoms with van der Waals surface area (Å²) in [6.07, 6.45) is 2.48. The molecule has 1 saturated heterocycles. The van der Waals surface area contributed by atoms with Crippen LogP contribution in [0.3, 0.4) is 0 Å². The van der Waals surface area contributed by atoms with Crippen molar-refractivity contribution in [2.75, 3.05) is 18.5 Å². The van der Waals surface area contributed by atoms with Crippen molar-refractivity contribution in [3.8, 4) is 12.1 Å². The van der Waals surface area contributed by atoms with Gasteiger partial charge in [-0.05, 0) is 48.7 Å². The molecular formula is C32H28F2N6O4. The molecule has 2 unspecified atom stereocenters. The van der Waals surface area contributed by atoms with Gasteiger partial charge in [-0.15, -0.1) is 0 Å². The lowest BCUT2D eigenvalue weighted by Gasteiger charge is -2.38. The smallest absolute Gasteiger partial charge is 0.255 e. The van der Waals surface area contributed by atoms with Crippen molar-refractivity contribution in [1.29, 1.82) is 10.5 Å². The summed E-state index contributed by atoms with van der Waals surface area (Å²) < 4.78 is 41.8. The van der Waals surface area contributed by atoms with E-state index in [2.05, 4.69) is 15.4 Å². The Labute approximate surface area is 252 Å². The molecule has 5 rings (SSSR count). The summed E-state index contributed by atoms with van der Waals surface area (Å²) in [4.78, 5) is 16.6. The summed E-state index contributed by atoms with van der Waals surface area (Å²) in [5.74, 6) is -2.60. The van der Waals surface area contributed by atoms with Crippen LogP contribution in [0.25, 0.3) is 0 Å². The molecule has 0 aliphatic carbocycles. The maximum absolute atomic E-state index is 14.9. The fourth-order valence-corrected chi connectivity index (χ4v) is 5.28. The van der Waals surface area contributed by atoms with Gasteiger partial charge in [-0.3, -0.25) is 4.79 Å². The van der Waals surface area contributed by atoms with Crippen LogP contribution in [-0.2, 0) is 21.6 Å². The third-order valence-electron chi connectivity index (χ3n) is 7.70. The van der Waals surface area contributed by atoms with E-state index in [9.17, 15) is 23.9 Å². The zero-order valence-corrected chi connectivity index (χ0v) is 23.7. The summed E-state index contributed by atoms with van der Waals surface area (Å²) in [5, 5.41) is 36.8. The Kier molecular flexibility index (Phi) is 9.07. The molecule has 44 heavy (non-hydrogen) atoms. The number of rotatable bonds is 9. The number of hydrogen-bond acceptors (Lipinski definition) is 8. The molecule has 0 saturated carbocycles. The number of carbonyl (C=O) groups is 1. The highest BCUT2D eigenvalue weighted by Gasteiger charge is 2.40. The van der Waals surface area contributed by atoms with E-state index in [1.165, 1.54) is 35.5 Å². The number of nitriles is 2. The summed E-state index contributed by atoms with van der Waals surface area (Å²) in [5.41, 5.74) is 0.112. The number of anilines is 1. The molecule has 2 atom stereocenters. The third-order valence-corrected chi connectivity index (χ3v) is 7.70. The van der Waals surface area contributed by atoms with Gasteiger partial charge < -0.3 is 19.9 Å². The van der Waals surface area contributed by atoms with Crippen LogP contribution in [0.2, 0.25) is 0 Å². The zero-order valence-electron chi connectivity index (χ0n) is 23.7. The lowest BCUT2D eigenvalue weighted by molar-refractivity contribution is -0.210. The molecule has 0 bridgehead atoms. The number of carbonyl (C=O) groups excluding carboxylic acids is 1. The molecule has 2 heterocycles. The molecule has 2 N–H and O–H groups in total. The fraction of sp³-hybridized carbons (Fsp3) is 0.281. The van der Waals surface area contributed by atoms with Crippen molar-refractivity contribution in [2.24, 2.45) is 11.8 Å². The fourth-order valence-electron chi connectivity index (χ4n) is 5.28. The minimum absolute atomic E-state index is 0.0359. The van der Waals surface area contributed by atoms with Crippen molar-refractivity contribution in [3.05, 3.63) is 113 Å². The lowest BCUT2D eigenvalue weighted by Crippen LogP contribution is -2.41. The second-order valence-corrected chi connectivity index (χ2v) is 10.7. The molecule has 1 amide bonds. The van der Waals surface area contributed by atoms with Gasteiger partial charge in [-0.25, -0.2) is 18.4 Å². The minimum atomic E-state index is -1.72. The van der Waals surface area contributed by atoms with E-state index in [0.717, 1.165) is 12.1 Å². The molecule has 224 valence electrons. The number of aliphatic hydroxyl groups is 1. The Morgan fingerprint density at radius 1 is 1.09 bits per heavy atom. The molecule has 1 aromatic heterocycles. The van der Waals surface area contributed by atoms with Crippen LogP contribution in [0.15, 0.2) is 73.3 Å². The molecule has 0 spiro atoms. The van der Waals surface area contributed by atoms with Crippen LogP contribution in [0.1, 0.15) is 52.2 Å². The van der Waals surface area contributed by atoms with Gasteiger partial charge in [0.05, 0.1) is 30.9 Å². The van der Waals surface area contributed by atoms with Crippen LogP contribution in [0.5, 0.6) is 0 Å². The molecular weight excluding hydrogens is 570 g/mol. The first-order valence-electron chi connectivity index (χ1n) is 13.8. The van der Waals surface area contributed by atoms with E-state index in [1.54, 1.807) is 37.3 Å². The van der Waals surface area contributed by atoms with Gasteiger partial charge >= 0.3 is 0 Å². The maximum Gasteiger partial charge on any atom is 0.255 e. The standard InChI is InChI=1S/C32H28F2N6O4/c1-20(32(42,17-40-19-37-18-38-40)28-9-7-26(33)12-29(28)34)10-21-15-43-31(44-16-21)23-4-2-22(3-5-23)30(41)39-27-8-6-24(13-35)25(11-27)14-36/h2-9,11-12,18-21,31,42H,10,15-17H2,1H3,(H,39,41). The van der Waals surface area contributed by atoms with E-state index in [4.69, 9.17) is 14.7 Å². The topological polar surface area (TPSA) is 146 Å². The number of ether oxygens (including phenoxy) is 2. The molecule has 1 fully saturated rings. The highest BCUT2D eigenvalue weighted by molar-refractivity contribution is 6.04. The summed E-state index contributed by atoms with van der Waals surface area (Å²) in [6.45, 7) is 2.32. The number of amides is 1. The summed E-state index contributed by atoms with van der Waals surface area (Å²) >= 11 is 0. The monoisotopic (exact) mass is 598 g/mol. The minimum Gasteiger partial charge on any atom is -0.383 e. The Morgan fingerprint density at radius 3 is 2.45 bits per heavy atom. The van der Waals surface area contributed by atoms with E-state index in [0.29, 0.717) is 36.4 Å². The second kappa shape index (κ2) is 13.1. The van der Waals surface area contributed by atoms with Gasteiger partial charge in [0.2, 0.25) is 0 Å². The van der Waals surface area contributed by atoms with Crippen molar-refractivity contribution < 1.29 is 28.2 Å². The molecule has 10 nitrogen and oxygen atoms in total. The van der Waals surface area contributed by atoms with Crippen molar-refractivity contribution >= 4 is 11.6 Å². The largest absolute Gasteiger partial charge is 0.383 e. The SMILES string of the molecule is CC(CC1COC(c2ccc(C(=O)Nc3ccc(C#N)c(C#N)c3)cc2)OC1)C(O)(Cn1cncn1)c1ccc(F)cc1F. The number of aromatic nitrogens is 3. The average Bonchev–Trinajstić information content (AvgIpc) is 3.54. The normalized spacial score (nSPS) is 18.4. The van der Waals surface area contributed by atoms with Crippen LogP contribution < -0.4 is 5.32 Å². The van der Waals surface area contributed by atoms with Gasteiger partial charge in [0.1, 0.15) is 42.0 Å². The van der Waals surface area contributed by atoms with Crippen molar-refractivity contribution in [1.82, 2.24) is 14.8 Å². The van der Waals surface area contributed by atoms with E-state index in [1.807, 2.05) is 12.1 Å². The lowest BCUT2D eigenvalue weighted by atomic mass is 9.77. The first-order chi connectivity index (χ1) is 21.2. The summed E-state index contributed by atoms with van der Waals surface area (Å²) in [6, 6.07) is 18.1. The average molecular weight is 599 g/mol. The Morgan fingerprint density at radius 2 is 1.82 bits per heavy atom. The van der Waals surface area contributed by atoms with Crippen LogP contribution in [-0.4, -0.2) is 39.0 Å². The first-order valence-corrected chi connectivity index (χ1v) is 13.8. The van der Waals surface area contributed by atoms with Crippen LogP contribution in [0, 0.1) is 46.1 Å². The highest BCUT2D eigenvalue weighted by atomic mass is 19.1. The van der Waals surface area contributed by atoms with Gasteiger partial charge in [0.25, 0.3) is 5.91 Å². The van der Waals surface area contributed by atoms with Gasteiger partial charge in [-0.2, -0.15) is 15.6 Å². The van der Waals surface area contributed by atoms with E-state index in [-0.39, 0.29) is 35.1 Å². The predicted molar refractivity (Wildman–Crippen MR) is 152 cm³/mol. The quantitative estimate of drug-likeness (QED) is 0.279. The molecule has 3 aromatic carbocycles. The second-order valence-electron chi connectivity index (χ2n) is 10.7. The van der Waals surface area contributed by atoms with Crippen LogP contribution >= 0.6 is 0 Å². The number of nitrogens with one attached hydrogen (secondary N) is 1. The van der Waals surface area contributed by atoms with E-state index < -0.39 is 29.4 Å². The molecule has 1 aliphatic rings. The maximum atomic E-state index is 14.9. The summed E-state index contributed by atoms with van der Waals surface area (Å²) in [7, 11) is 0. The zero-order chi connectivity index (χ0) is 31.3. The molecule has 1 aliphatic heterocycles. The van der Waals surface area contributed by atoms with Crippen molar-refractivity contribution in [2.45, 2.75) is 31.8 Å². The first kappa shape index (κ1) is 30.4. The Balaban J connectivity index is 1.20. The predicted octanol–water partition coefficient (Wildman–Crippen LogP) is 4.83. The molecule has 12 heteroatoms. The number of halogens is 2. The number of hydrogen-bond donors (Lipinski definition) is 2. The third kappa shape index (κ3) is 6.63. The number of benzene rings is 3. The van der Waals surface area contributed by atoms with Gasteiger partial charge in [0.15, 0.2) is 6.29 Å². The Hall–Kier alpha value is -5.01. The Bertz CT molecular complexity index is 1710. The van der Waals surface area contributed by atoms with Crippen LogP contribution in [0.4, 0.5) is 14.5 Å². The van der Waals surface area contributed by atoms with Gasteiger partial charge in [0, 0.05) is 34.4 Å². The van der Waals surface area contributed by atoms with Crippen molar-refractivity contribution in [3.63, 3.8) is 0 Å². The molecule has 4 aromatic rings. The molecule has 0 radical (unpaired) electrons. The van der Waals surface area contributed by atoms with E-state index >= 15 is 0 Å². The van der Waals surface area contributed by atoms with Gasteiger partial charge in [-0.1, -0.05) is 25.1 Å². The number of nitrogens with zero attached hydrogens (tertiary/aromatic N) is 5.